The molecule has 0 aromatic rings. The molecular formula is C14H29NO. The highest BCUT2D eigenvalue weighted by Crippen LogP contribution is 2.10. The number of ether oxygens (including phenoxy) is 1. The Bertz CT molecular complexity index is 148. The molecule has 96 valence electrons. The summed E-state index contributed by atoms with van der Waals surface area (Å²) in [7, 11) is 1.78. The van der Waals surface area contributed by atoms with Gasteiger partial charge in [0.05, 0.1) is 0 Å². The summed E-state index contributed by atoms with van der Waals surface area (Å²) in [6.07, 6.45) is 10.8. The molecule has 2 heteroatoms. The molecule has 0 spiro atoms. The summed E-state index contributed by atoms with van der Waals surface area (Å²) in [5.74, 6) is 0. The fraction of sp³-hybridized carbons (Fsp3) is 0.857. The van der Waals surface area contributed by atoms with Crippen LogP contribution in [0.1, 0.15) is 51.9 Å². The molecule has 0 saturated heterocycles. The fourth-order valence-electron chi connectivity index (χ4n) is 1.97. The Morgan fingerprint density at radius 2 is 1.94 bits per heavy atom. The van der Waals surface area contributed by atoms with Crippen LogP contribution in [-0.4, -0.2) is 26.3 Å². The minimum absolute atomic E-state index is 0.684. The van der Waals surface area contributed by atoms with E-state index in [1.54, 1.807) is 7.11 Å². The van der Waals surface area contributed by atoms with Crippen molar-refractivity contribution in [2.45, 2.75) is 57.9 Å². The third kappa shape index (κ3) is 10.2. The first-order valence-corrected chi connectivity index (χ1v) is 6.68. The maximum Gasteiger partial charge on any atom is 0.0462 e. The van der Waals surface area contributed by atoms with Crippen molar-refractivity contribution in [1.29, 1.82) is 0 Å². The molecule has 0 aliphatic heterocycles. The van der Waals surface area contributed by atoms with Crippen molar-refractivity contribution < 1.29 is 4.74 Å². The highest BCUT2D eigenvalue weighted by Gasteiger charge is 2.06. The van der Waals surface area contributed by atoms with Crippen LogP contribution in [0, 0.1) is 0 Å². The van der Waals surface area contributed by atoms with Crippen molar-refractivity contribution in [3.05, 3.63) is 12.7 Å². The summed E-state index contributed by atoms with van der Waals surface area (Å²) >= 11 is 0. The van der Waals surface area contributed by atoms with Crippen LogP contribution in [0.5, 0.6) is 0 Å². The first kappa shape index (κ1) is 15.7. The predicted molar refractivity (Wildman–Crippen MR) is 71.9 cm³/mol. The van der Waals surface area contributed by atoms with Crippen LogP contribution in [0.2, 0.25) is 0 Å². The summed E-state index contributed by atoms with van der Waals surface area (Å²) in [6.45, 7) is 7.89. The Hall–Kier alpha value is -0.340. The lowest BCUT2D eigenvalue weighted by molar-refractivity contribution is 0.188. The van der Waals surface area contributed by atoms with Gasteiger partial charge in [-0.25, -0.2) is 0 Å². The zero-order valence-corrected chi connectivity index (χ0v) is 11.1. The number of unbranched alkanes of at least 4 members (excludes halogenated alkanes) is 3. The average Bonchev–Trinajstić information content (AvgIpc) is 2.29. The molecule has 2 nitrogen and oxygen atoms in total. The van der Waals surface area contributed by atoms with Crippen LogP contribution in [0.15, 0.2) is 12.7 Å². The normalized spacial score (nSPS) is 12.6. The molecule has 0 heterocycles. The second kappa shape index (κ2) is 12.7. The van der Waals surface area contributed by atoms with Gasteiger partial charge in [-0.15, -0.1) is 6.58 Å². The van der Waals surface area contributed by atoms with E-state index in [1.165, 1.54) is 38.5 Å². The fourth-order valence-corrected chi connectivity index (χ4v) is 1.97. The molecule has 0 fully saturated rings. The molecule has 16 heavy (non-hydrogen) atoms. The summed E-state index contributed by atoms with van der Waals surface area (Å²) in [4.78, 5) is 0. The summed E-state index contributed by atoms with van der Waals surface area (Å²) < 4.78 is 5.09. The molecule has 0 saturated carbocycles. The van der Waals surface area contributed by atoms with Crippen LogP contribution in [0.25, 0.3) is 0 Å². The van der Waals surface area contributed by atoms with E-state index in [-0.39, 0.29) is 0 Å². The van der Waals surface area contributed by atoms with Crippen LogP contribution >= 0.6 is 0 Å². The standard InChI is InChI=1S/C14H29NO/c1-4-6-7-8-9-11-14(15-5-2)12-10-13-16-3/h4,14-15H,1,5-13H2,2-3H3. The number of hydrogen-bond acceptors (Lipinski definition) is 2. The van der Waals surface area contributed by atoms with Gasteiger partial charge in [0.25, 0.3) is 0 Å². The van der Waals surface area contributed by atoms with Gasteiger partial charge in [-0.3, -0.25) is 0 Å². The quantitative estimate of drug-likeness (QED) is 0.407. The van der Waals surface area contributed by atoms with Crippen molar-refractivity contribution in [1.82, 2.24) is 5.32 Å². The number of rotatable bonds is 12. The van der Waals surface area contributed by atoms with Crippen molar-refractivity contribution >= 4 is 0 Å². The highest BCUT2D eigenvalue weighted by atomic mass is 16.5. The molecule has 0 rings (SSSR count). The van der Waals surface area contributed by atoms with E-state index >= 15 is 0 Å². The molecule has 0 amide bonds. The predicted octanol–water partition coefficient (Wildman–Crippen LogP) is 3.53. The van der Waals surface area contributed by atoms with Crippen molar-refractivity contribution in [3.8, 4) is 0 Å². The number of methoxy groups -OCH3 is 1. The maximum atomic E-state index is 5.09. The summed E-state index contributed by atoms with van der Waals surface area (Å²) in [5, 5.41) is 3.56. The van der Waals surface area contributed by atoms with Crippen LogP contribution in [0.4, 0.5) is 0 Å². The Kier molecular flexibility index (Phi) is 12.5. The first-order valence-electron chi connectivity index (χ1n) is 6.68. The molecule has 0 aliphatic rings. The maximum absolute atomic E-state index is 5.09. The van der Waals surface area contributed by atoms with Gasteiger partial charge in [0.1, 0.15) is 0 Å². The van der Waals surface area contributed by atoms with Crippen LogP contribution < -0.4 is 5.32 Å². The Morgan fingerprint density at radius 3 is 2.56 bits per heavy atom. The lowest BCUT2D eigenvalue weighted by atomic mass is 10.0. The molecule has 1 atom stereocenters. The molecule has 0 aromatic heterocycles. The van der Waals surface area contributed by atoms with Gasteiger partial charge >= 0.3 is 0 Å². The minimum atomic E-state index is 0.684. The molecule has 0 aliphatic carbocycles. The Labute approximate surface area is 101 Å². The van der Waals surface area contributed by atoms with E-state index in [0.29, 0.717) is 6.04 Å². The van der Waals surface area contributed by atoms with Gasteiger partial charge in [0.2, 0.25) is 0 Å². The van der Waals surface area contributed by atoms with Crippen molar-refractivity contribution in [2.24, 2.45) is 0 Å². The van der Waals surface area contributed by atoms with Gasteiger partial charge in [-0.2, -0.15) is 0 Å². The van der Waals surface area contributed by atoms with E-state index in [0.717, 1.165) is 19.6 Å². The summed E-state index contributed by atoms with van der Waals surface area (Å²) in [5.41, 5.74) is 0. The first-order chi connectivity index (χ1) is 7.85. The lowest BCUT2D eigenvalue weighted by Gasteiger charge is -2.17. The lowest BCUT2D eigenvalue weighted by Crippen LogP contribution is -2.29. The van der Waals surface area contributed by atoms with Gasteiger partial charge in [-0.1, -0.05) is 25.8 Å². The van der Waals surface area contributed by atoms with Crippen LogP contribution in [-0.2, 0) is 4.74 Å². The third-order valence-electron chi connectivity index (χ3n) is 2.85. The molecular weight excluding hydrogens is 198 g/mol. The van der Waals surface area contributed by atoms with E-state index in [9.17, 15) is 0 Å². The smallest absolute Gasteiger partial charge is 0.0462 e. The largest absolute Gasteiger partial charge is 0.385 e. The van der Waals surface area contributed by atoms with Crippen molar-refractivity contribution in [2.75, 3.05) is 20.3 Å². The summed E-state index contributed by atoms with van der Waals surface area (Å²) in [6, 6.07) is 0.684. The Morgan fingerprint density at radius 1 is 1.19 bits per heavy atom. The van der Waals surface area contributed by atoms with Gasteiger partial charge in [-0.05, 0) is 38.6 Å². The number of allylic oxidation sites excluding steroid dienone is 1. The SMILES string of the molecule is C=CCCCCCC(CCCOC)NCC. The van der Waals surface area contributed by atoms with Crippen LogP contribution in [0.3, 0.4) is 0 Å². The second-order valence-electron chi connectivity index (χ2n) is 4.32. The van der Waals surface area contributed by atoms with E-state index < -0.39 is 0 Å². The molecule has 1 unspecified atom stereocenters. The highest BCUT2D eigenvalue weighted by molar-refractivity contribution is 4.68. The molecule has 0 bridgehead atoms. The van der Waals surface area contributed by atoms with E-state index in [1.807, 2.05) is 6.08 Å². The Balaban J connectivity index is 3.46. The topological polar surface area (TPSA) is 21.3 Å². The number of hydrogen-bond donors (Lipinski definition) is 1. The van der Waals surface area contributed by atoms with Gasteiger partial charge in [0.15, 0.2) is 0 Å². The van der Waals surface area contributed by atoms with Gasteiger partial charge < -0.3 is 10.1 Å². The average molecular weight is 227 g/mol. The van der Waals surface area contributed by atoms with Crippen molar-refractivity contribution in [3.63, 3.8) is 0 Å². The van der Waals surface area contributed by atoms with E-state index in [4.69, 9.17) is 4.74 Å². The zero-order chi connectivity index (χ0) is 12.1. The monoisotopic (exact) mass is 227 g/mol. The molecule has 0 radical (unpaired) electrons. The minimum Gasteiger partial charge on any atom is -0.385 e. The van der Waals surface area contributed by atoms with E-state index in [2.05, 4.69) is 18.8 Å². The zero-order valence-electron chi connectivity index (χ0n) is 11.1. The molecule has 0 aromatic carbocycles. The van der Waals surface area contributed by atoms with Gasteiger partial charge in [0, 0.05) is 19.8 Å². The number of nitrogens with one attached hydrogen (secondary N) is 1. The third-order valence-corrected chi connectivity index (χ3v) is 2.85. The molecule has 1 N–H and O–H groups in total. The second-order valence-corrected chi connectivity index (χ2v) is 4.32.